The van der Waals surface area contributed by atoms with Gasteiger partial charge in [-0.25, -0.2) is 13.6 Å². The largest absolute Gasteiger partial charge is 0.574 e. The highest BCUT2D eigenvalue weighted by Crippen LogP contribution is 2.28. The predicted molar refractivity (Wildman–Crippen MR) is 50.0 cm³/mol. The van der Waals surface area contributed by atoms with Gasteiger partial charge >= 0.3 is 12.3 Å². The third kappa shape index (κ3) is 3.42. The van der Waals surface area contributed by atoms with Crippen molar-refractivity contribution in [3.05, 3.63) is 27.5 Å². The zero-order valence-electron chi connectivity index (χ0n) is 9.18. The first kappa shape index (κ1) is 14.9. The van der Waals surface area contributed by atoms with E-state index in [0.717, 1.165) is 7.11 Å². The van der Waals surface area contributed by atoms with Crippen molar-refractivity contribution in [2.75, 3.05) is 7.11 Å². The van der Waals surface area contributed by atoms with Gasteiger partial charge in [0.1, 0.15) is 11.1 Å². The Morgan fingerprint density at radius 1 is 1.37 bits per heavy atom. The molecule has 0 saturated heterocycles. The van der Waals surface area contributed by atoms with E-state index in [4.69, 9.17) is 0 Å². The Bertz CT molecular complexity index is 536. The molecule has 1 rings (SSSR count). The highest BCUT2D eigenvalue weighted by Gasteiger charge is 2.35. The van der Waals surface area contributed by atoms with Crippen molar-refractivity contribution in [1.29, 1.82) is 0 Å². The molecule has 0 atom stereocenters. The van der Waals surface area contributed by atoms with Crippen LogP contribution in [0.3, 0.4) is 0 Å². The zero-order valence-corrected chi connectivity index (χ0v) is 9.18. The molecule has 10 heteroatoms. The monoisotopic (exact) mass is 287 g/mol. The minimum absolute atomic E-state index is 0.501. The highest BCUT2D eigenvalue weighted by molar-refractivity contribution is 5.89. The molecule has 0 aromatic carbocycles. The fourth-order valence-electron chi connectivity index (χ4n) is 1.19. The van der Waals surface area contributed by atoms with E-state index in [1.165, 1.54) is 0 Å². The topological polar surface area (TPSA) is 68.4 Å². The van der Waals surface area contributed by atoms with E-state index in [9.17, 15) is 31.5 Å². The van der Waals surface area contributed by atoms with E-state index in [-0.39, 0.29) is 0 Å². The average molecular weight is 287 g/mol. The lowest BCUT2D eigenvalue weighted by Crippen LogP contribution is -2.25. The van der Waals surface area contributed by atoms with Crippen LogP contribution in [-0.4, -0.2) is 24.4 Å². The SMILES string of the molecule is COC(=O)c1c[nH]c(OC(F)(F)F)c(C(F)F)c1=O. The van der Waals surface area contributed by atoms with Gasteiger partial charge in [-0.05, 0) is 0 Å². The van der Waals surface area contributed by atoms with Crippen molar-refractivity contribution in [1.82, 2.24) is 4.98 Å². The van der Waals surface area contributed by atoms with Gasteiger partial charge in [0.15, 0.2) is 0 Å². The summed E-state index contributed by atoms with van der Waals surface area (Å²) in [7, 11) is 0.879. The molecule has 19 heavy (non-hydrogen) atoms. The summed E-state index contributed by atoms with van der Waals surface area (Å²) in [4.78, 5) is 24.2. The van der Waals surface area contributed by atoms with Gasteiger partial charge in [0.05, 0.1) is 7.11 Å². The molecule has 0 spiro atoms. The van der Waals surface area contributed by atoms with Gasteiger partial charge in [0.2, 0.25) is 11.3 Å². The summed E-state index contributed by atoms with van der Waals surface area (Å²) in [6, 6.07) is 0. The summed E-state index contributed by atoms with van der Waals surface area (Å²) in [5.41, 5.74) is -4.05. The molecule has 1 heterocycles. The number of halogens is 5. The van der Waals surface area contributed by atoms with Crippen LogP contribution in [0.4, 0.5) is 22.0 Å². The van der Waals surface area contributed by atoms with Gasteiger partial charge in [0.25, 0.3) is 6.43 Å². The molecule has 0 amide bonds. The van der Waals surface area contributed by atoms with Crippen molar-refractivity contribution in [2.45, 2.75) is 12.8 Å². The molecule has 0 aliphatic carbocycles. The summed E-state index contributed by atoms with van der Waals surface area (Å²) in [6.07, 6.45) is -8.33. The smallest absolute Gasteiger partial charge is 0.465 e. The molecule has 0 radical (unpaired) electrons. The Morgan fingerprint density at radius 3 is 2.37 bits per heavy atom. The lowest BCUT2D eigenvalue weighted by Gasteiger charge is -2.12. The maximum atomic E-state index is 12.6. The van der Waals surface area contributed by atoms with Crippen LogP contribution in [0.25, 0.3) is 0 Å². The van der Waals surface area contributed by atoms with Crippen LogP contribution in [-0.2, 0) is 4.74 Å². The Kier molecular flexibility index (Phi) is 4.12. The van der Waals surface area contributed by atoms with E-state index in [2.05, 4.69) is 9.47 Å². The number of aromatic nitrogens is 1. The van der Waals surface area contributed by atoms with Gasteiger partial charge in [-0.3, -0.25) is 4.79 Å². The molecule has 106 valence electrons. The number of aromatic amines is 1. The van der Waals surface area contributed by atoms with Gasteiger partial charge < -0.3 is 14.5 Å². The second-order valence-electron chi connectivity index (χ2n) is 3.11. The Balaban J connectivity index is 3.41. The fraction of sp³-hybridized carbons (Fsp3) is 0.333. The van der Waals surface area contributed by atoms with Crippen molar-refractivity contribution in [3.8, 4) is 5.88 Å². The van der Waals surface area contributed by atoms with Crippen molar-refractivity contribution in [2.24, 2.45) is 0 Å². The second kappa shape index (κ2) is 5.24. The van der Waals surface area contributed by atoms with Crippen molar-refractivity contribution < 1.29 is 36.2 Å². The first-order chi connectivity index (χ1) is 8.67. The maximum Gasteiger partial charge on any atom is 0.574 e. The Hall–Kier alpha value is -2.13. The number of rotatable bonds is 3. The standard InChI is InChI=1S/C9H6F5NO4/c1-18-8(17)3-2-15-7(19-9(12,13)14)4(5(3)16)6(10)11/h2,6H,1H3,(H,15,16). The summed E-state index contributed by atoms with van der Waals surface area (Å²) in [6.45, 7) is 0. The number of alkyl halides is 5. The molecule has 1 aromatic heterocycles. The number of carbonyl (C=O) groups is 1. The number of hydrogen-bond acceptors (Lipinski definition) is 4. The minimum Gasteiger partial charge on any atom is -0.465 e. The van der Waals surface area contributed by atoms with Crippen molar-refractivity contribution >= 4 is 5.97 Å². The van der Waals surface area contributed by atoms with Gasteiger partial charge in [0, 0.05) is 6.20 Å². The van der Waals surface area contributed by atoms with Crippen LogP contribution in [0, 0.1) is 0 Å². The zero-order chi connectivity index (χ0) is 14.8. The van der Waals surface area contributed by atoms with Crippen LogP contribution in [0.1, 0.15) is 22.3 Å². The van der Waals surface area contributed by atoms with Crippen LogP contribution in [0.15, 0.2) is 11.0 Å². The Morgan fingerprint density at radius 2 is 1.95 bits per heavy atom. The molecule has 0 aliphatic rings. The highest BCUT2D eigenvalue weighted by atomic mass is 19.4. The molecule has 0 fully saturated rings. The van der Waals surface area contributed by atoms with E-state index in [0.29, 0.717) is 6.20 Å². The Labute approximate surface area is 101 Å². The van der Waals surface area contributed by atoms with Crippen LogP contribution >= 0.6 is 0 Å². The third-order valence-corrected chi connectivity index (χ3v) is 1.92. The van der Waals surface area contributed by atoms with E-state index in [1.807, 2.05) is 0 Å². The van der Waals surface area contributed by atoms with E-state index in [1.54, 1.807) is 4.98 Å². The summed E-state index contributed by atoms with van der Waals surface area (Å²) < 4.78 is 68.4. The summed E-state index contributed by atoms with van der Waals surface area (Å²) in [5.74, 6) is -2.73. The number of nitrogens with one attached hydrogen (secondary N) is 1. The number of H-pyrrole nitrogens is 1. The quantitative estimate of drug-likeness (QED) is 0.682. The third-order valence-electron chi connectivity index (χ3n) is 1.92. The average Bonchev–Trinajstić information content (AvgIpc) is 2.25. The fourth-order valence-corrected chi connectivity index (χ4v) is 1.19. The number of hydrogen-bond donors (Lipinski definition) is 1. The van der Waals surface area contributed by atoms with E-state index < -0.39 is 41.2 Å². The first-order valence-electron chi connectivity index (χ1n) is 4.55. The molecular weight excluding hydrogens is 281 g/mol. The van der Waals surface area contributed by atoms with E-state index >= 15 is 0 Å². The molecule has 5 nitrogen and oxygen atoms in total. The molecule has 1 aromatic rings. The number of esters is 1. The lowest BCUT2D eigenvalue weighted by molar-refractivity contribution is -0.276. The predicted octanol–water partition coefficient (Wildman–Crippen LogP) is 2.00. The van der Waals surface area contributed by atoms with Gasteiger partial charge in [-0.2, -0.15) is 0 Å². The number of ether oxygens (including phenoxy) is 2. The number of methoxy groups -OCH3 is 1. The second-order valence-corrected chi connectivity index (χ2v) is 3.11. The maximum absolute atomic E-state index is 12.6. The number of carbonyl (C=O) groups excluding carboxylic acids is 1. The first-order valence-corrected chi connectivity index (χ1v) is 4.55. The van der Waals surface area contributed by atoms with Gasteiger partial charge in [-0.15, -0.1) is 13.2 Å². The molecule has 1 N–H and O–H groups in total. The lowest BCUT2D eigenvalue weighted by atomic mass is 10.2. The van der Waals surface area contributed by atoms with Crippen LogP contribution in [0.2, 0.25) is 0 Å². The molecule has 0 aliphatic heterocycles. The van der Waals surface area contributed by atoms with Gasteiger partial charge in [-0.1, -0.05) is 0 Å². The number of pyridine rings is 1. The molecule has 0 unspecified atom stereocenters. The summed E-state index contributed by atoms with van der Waals surface area (Å²) in [5, 5.41) is 0. The van der Waals surface area contributed by atoms with Crippen LogP contribution < -0.4 is 10.2 Å². The minimum atomic E-state index is -5.26. The normalized spacial score (nSPS) is 11.5. The molecule has 0 saturated carbocycles. The summed E-state index contributed by atoms with van der Waals surface area (Å²) >= 11 is 0. The van der Waals surface area contributed by atoms with Crippen LogP contribution in [0.5, 0.6) is 5.88 Å². The molecular formula is C9H6F5NO4. The van der Waals surface area contributed by atoms with Crippen molar-refractivity contribution in [3.63, 3.8) is 0 Å². The molecule has 0 bridgehead atoms.